The zero-order valence-corrected chi connectivity index (χ0v) is 17.0. The fraction of sp³-hybridized carbons (Fsp3) is 0.571. The number of hydrogen-bond donors (Lipinski definition) is 0. The third-order valence-electron chi connectivity index (χ3n) is 2.75. The molecule has 16 heavy (non-hydrogen) atoms. The molecule has 0 saturated heterocycles. The Balaban J connectivity index is 2.08. The van der Waals surface area contributed by atoms with Crippen LogP contribution in [0.4, 0.5) is 0 Å². The van der Waals surface area contributed by atoms with Gasteiger partial charge in [0.1, 0.15) is 0 Å². The van der Waals surface area contributed by atoms with Crippen LogP contribution in [0, 0.1) is 11.8 Å². The molecule has 0 amide bonds. The van der Waals surface area contributed by atoms with Crippen LogP contribution >= 0.6 is 11.3 Å². The van der Waals surface area contributed by atoms with Crippen LogP contribution in [0.25, 0.3) is 0 Å². The van der Waals surface area contributed by atoms with Crippen LogP contribution in [-0.2, 0) is 0 Å². The van der Waals surface area contributed by atoms with Gasteiger partial charge in [0, 0.05) is 0 Å². The van der Waals surface area contributed by atoms with Crippen molar-refractivity contribution in [3.05, 3.63) is 22.4 Å². The molecule has 0 spiro atoms. The number of thiophene rings is 1. The summed E-state index contributed by atoms with van der Waals surface area (Å²) in [5, 5.41) is 2.20. The number of unbranched alkanes of at least 4 members (excludes halogenated alkanes) is 3. The summed E-state index contributed by atoms with van der Waals surface area (Å²) in [6.07, 6.45) is 7.36. The van der Waals surface area contributed by atoms with Gasteiger partial charge in [0.05, 0.1) is 0 Å². The van der Waals surface area contributed by atoms with Crippen molar-refractivity contribution in [2.75, 3.05) is 0 Å². The topological polar surface area (TPSA) is 0 Å². The Hall–Kier alpha value is 0.0587. The molecule has 88 valence electrons. The van der Waals surface area contributed by atoms with Crippen molar-refractivity contribution in [3.63, 3.8) is 0 Å². The Labute approximate surface area is 117 Å². The van der Waals surface area contributed by atoms with E-state index in [2.05, 4.69) is 36.3 Å². The molecule has 1 heterocycles. The SMILES string of the molecule is CCCCC#CCCC[CH]([SnH3])c1cccs1. The molecule has 0 aromatic carbocycles. The number of hydrogen-bond acceptors (Lipinski definition) is 1. The first-order valence-electron chi connectivity index (χ1n) is 6.33. The maximum atomic E-state index is 3.30. The van der Waals surface area contributed by atoms with E-state index in [4.69, 9.17) is 0 Å². The molecule has 0 aliphatic rings. The molecule has 0 nitrogen and oxygen atoms in total. The van der Waals surface area contributed by atoms with Crippen LogP contribution in [0.2, 0.25) is 0 Å². The van der Waals surface area contributed by atoms with E-state index in [-0.39, 0.29) is 0 Å². The predicted molar refractivity (Wildman–Crippen MR) is 78.2 cm³/mol. The summed E-state index contributed by atoms with van der Waals surface area (Å²) in [5.41, 5.74) is 0. The summed E-state index contributed by atoms with van der Waals surface area (Å²) in [5.74, 6) is 6.56. The van der Waals surface area contributed by atoms with E-state index in [9.17, 15) is 0 Å². The quantitative estimate of drug-likeness (QED) is 0.422. The van der Waals surface area contributed by atoms with Crippen LogP contribution in [0.5, 0.6) is 0 Å². The molecule has 1 rings (SSSR count). The summed E-state index contributed by atoms with van der Waals surface area (Å²) in [7, 11) is 0. The molecular formula is C14H22SSn. The zero-order valence-electron chi connectivity index (χ0n) is 10.5. The molecule has 1 aromatic rings. The monoisotopic (exact) mass is 342 g/mol. The van der Waals surface area contributed by atoms with Gasteiger partial charge in [0.15, 0.2) is 0 Å². The van der Waals surface area contributed by atoms with Crippen molar-refractivity contribution in [3.8, 4) is 11.8 Å². The summed E-state index contributed by atoms with van der Waals surface area (Å²) in [6.45, 7) is 2.22. The molecule has 0 bridgehead atoms. The minimum atomic E-state index is 0.742. The predicted octanol–water partition coefficient (Wildman–Crippen LogP) is 3.52. The summed E-state index contributed by atoms with van der Waals surface area (Å²) < 4.78 is 0.916. The van der Waals surface area contributed by atoms with E-state index >= 15 is 0 Å². The summed E-state index contributed by atoms with van der Waals surface area (Å²) in [6, 6.07) is 4.46. The van der Waals surface area contributed by atoms with Gasteiger partial charge in [-0.1, -0.05) is 0 Å². The van der Waals surface area contributed by atoms with Gasteiger partial charge in [-0.2, -0.15) is 0 Å². The van der Waals surface area contributed by atoms with E-state index in [0.717, 1.165) is 39.3 Å². The first-order chi connectivity index (χ1) is 7.84. The van der Waals surface area contributed by atoms with Crippen molar-refractivity contribution in [2.24, 2.45) is 0 Å². The second-order valence-electron chi connectivity index (χ2n) is 4.27. The van der Waals surface area contributed by atoms with Crippen molar-refractivity contribution in [1.29, 1.82) is 0 Å². The molecular weight excluding hydrogens is 319 g/mol. The van der Waals surface area contributed by atoms with Gasteiger partial charge < -0.3 is 0 Å². The average Bonchev–Trinajstić information content (AvgIpc) is 2.81. The molecule has 1 aromatic heterocycles. The number of rotatable bonds is 6. The Morgan fingerprint density at radius 1 is 1.31 bits per heavy atom. The van der Waals surface area contributed by atoms with Crippen molar-refractivity contribution < 1.29 is 0 Å². The Kier molecular flexibility index (Phi) is 8.05. The molecule has 0 fully saturated rings. The van der Waals surface area contributed by atoms with Gasteiger partial charge in [-0.3, -0.25) is 0 Å². The van der Waals surface area contributed by atoms with Gasteiger partial charge in [0.25, 0.3) is 0 Å². The van der Waals surface area contributed by atoms with E-state index < -0.39 is 0 Å². The molecule has 0 radical (unpaired) electrons. The van der Waals surface area contributed by atoms with E-state index in [0.29, 0.717) is 0 Å². The van der Waals surface area contributed by atoms with Gasteiger partial charge in [-0.15, -0.1) is 0 Å². The minimum absolute atomic E-state index is 0.742. The fourth-order valence-electron chi connectivity index (χ4n) is 1.65. The van der Waals surface area contributed by atoms with Crippen LogP contribution in [0.1, 0.15) is 54.3 Å². The van der Waals surface area contributed by atoms with Gasteiger partial charge in [-0.25, -0.2) is 0 Å². The normalized spacial score (nSPS) is 12.1. The van der Waals surface area contributed by atoms with Crippen molar-refractivity contribution >= 4 is 33.9 Å². The van der Waals surface area contributed by atoms with E-state index in [1.54, 1.807) is 4.88 Å². The van der Waals surface area contributed by atoms with E-state index in [1.165, 1.54) is 25.7 Å². The maximum absolute atomic E-state index is 3.30. The standard InChI is InChI=1S/C14H19S.Sn.3H/c1-2-3-4-5-6-7-8-9-11-14-12-10-13-15-14;;;;/h10-13H,2-4,7-9H2,1H3;;;;. The summed E-state index contributed by atoms with van der Waals surface area (Å²) in [4.78, 5) is 1.61. The van der Waals surface area contributed by atoms with Gasteiger partial charge >= 0.3 is 117 Å². The van der Waals surface area contributed by atoms with Crippen molar-refractivity contribution in [1.82, 2.24) is 0 Å². The molecule has 0 aliphatic carbocycles. The van der Waals surface area contributed by atoms with Gasteiger partial charge in [0.2, 0.25) is 0 Å². The Morgan fingerprint density at radius 3 is 2.69 bits per heavy atom. The van der Waals surface area contributed by atoms with Crippen LogP contribution in [-0.4, -0.2) is 22.5 Å². The molecule has 0 aliphatic heterocycles. The molecule has 1 atom stereocenters. The third kappa shape index (κ3) is 5.96. The van der Waals surface area contributed by atoms with E-state index in [1.807, 2.05) is 11.3 Å². The molecule has 2 heteroatoms. The molecule has 0 N–H and O–H groups in total. The first-order valence-corrected chi connectivity index (χ1v) is 10.5. The first kappa shape index (κ1) is 14.1. The molecule has 1 unspecified atom stereocenters. The Morgan fingerprint density at radius 2 is 2.06 bits per heavy atom. The zero-order chi connectivity index (χ0) is 11.6. The van der Waals surface area contributed by atoms with Gasteiger partial charge in [-0.05, 0) is 0 Å². The second-order valence-corrected chi connectivity index (χ2v) is 9.22. The van der Waals surface area contributed by atoms with Crippen LogP contribution < -0.4 is 0 Å². The second kappa shape index (κ2) is 9.13. The fourth-order valence-corrected chi connectivity index (χ4v) is 5.35. The van der Waals surface area contributed by atoms with Crippen molar-refractivity contribution in [2.45, 2.75) is 49.4 Å². The third-order valence-corrected chi connectivity index (χ3v) is 8.47. The average molecular weight is 341 g/mol. The van der Waals surface area contributed by atoms with Crippen LogP contribution in [0.15, 0.2) is 17.5 Å². The Bertz CT molecular complexity index is 318. The van der Waals surface area contributed by atoms with Crippen LogP contribution in [0.3, 0.4) is 0 Å². The summed E-state index contributed by atoms with van der Waals surface area (Å²) >= 11 is 2.66. The molecule has 0 saturated carbocycles.